The maximum atomic E-state index is 9.82. The van der Waals surface area contributed by atoms with E-state index in [2.05, 4.69) is 101 Å². The lowest BCUT2D eigenvalue weighted by atomic mass is 9.86. The molecule has 1 fully saturated rings. The number of hydrogen-bond acceptors (Lipinski definition) is 5. The van der Waals surface area contributed by atoms with Gasteiger partial charge in [-0.1, -0.05) is 90.1 Å². The molecule has 0 unspecified atom stereocenters. The molecule has 2 aromatic rings. The van der Waals surface area contributed by atoms with E-state index in [0.29, 0.717) is 30.6 Å². The number of nitriles is 1. The van der Waals surface area contributed by atoms with Gasteiger partial charge < -0.3 is 14.8 Å². The summed E-state index contributed by atoms with van der Waals surface area (Å²) in [6.45, 7) is 14.1. The summed E-state index contributed by atoms with van der Waals surface area (Å²) in [6, 6.07) is 19.1. The Labute approximate surface area is 197 Å². The Balaban J connectivity index is 1.50. The molecule has 2 heterocycles. The molecule has 2 aromatic carbocycles. The number of benzene rings is 2. The van der Waals surface area contributed by atoms with E-state index in [1.54, 1.807) is 0 Å². The highest BCUT2D eigenvalue weighted by atomic mass is 16.5. The number of rotatable bonds is 3. The van der Waals surface area contributed by atoms with Crippen molar-refractivity contribution in [2.45, 2.75) is 64.5 Å². The average molecular weight is 444 g/mol. The van der Waals surface area contributed by atoms with Crippen molar-refractivity contribution in [3.8, 4) is 6.07 Å². The SMILES string of the molecule is CC(C)(C)c1ccc([C@H]2COC(C(C#N)=C3N[C@@H](c4ccc(C(C)(C)C)cc4)CO3)=N2)cc1. The molecule has 0 spiro atoms. The van der Waals surface area contributed by atoms with Crippen LogP contribution in [-0.4, -0.2) is 19.1 Å². The first-order valence-corrected chi connectivity index (χ1v) is 11.5. The first-order chi connectivity index (χ1) is 15.6. The fourth-order valence-corrected chi connectivity index (χ4v) is 4.03. The molecule has 5 nitrogen and oxygen atoms in total. The molecule has 0 amide bonds. The van der Waals surface area contributed by atoms with Gasteiger partial charge in [0.25, 0.3) is 0 Å². The molecule has 0 radical (unpaired) electrons. The Kier molecular flexibility index (Phi) is 5.97. The minimum atomic E-state index is -0.125. The van der Waals surface area contributed by atoms with Crippen molar-refractivity contribution < 1.29 is 9.47 Å². The lowest BCUT2D eigenvalue weighted by molar-refractivity contribution is 0.251. The van der Waals surface area contributed by atoms with Crippen molar-refractivity contribution in [1.82, 2.24) is 5.32 Å². The zero-order valence-corrected chi connectivity index (χ0v) is 20.4. The summed E-state index contributed by atoms with van der Waals surface area (Å²) < 4.78 is 11.7. The quantitative estimate of drug-likeness (QED) is 0.605. The highest BCUT2D eigenvalue weighted by Gasteiger charge is 2.31. The number of nitrogens with zero attached hydrogens (tertiary/aromatic N) is 2. The lowest BCUT2D eigenvalue weighted by Gasteiger charge is -2.19. The zero-order valence-electron chi connectivity index (χ0n) is 20.4. The standard InChI is InChI=1S/C28H33N3O2/c1-27(2,3)20-11-7-18(8-12-20)23-16-32-25(30-23)22(15-29)26-31-24(17-33-26)19-9-13-21(14-10-19)28(4,5)6/h7-14,23-24,30H,16-17H2,1-6H3/t23-,24-/m1/s1. The van der Waals surface area contributed by atoms with Crippen molar-refractivity contribution in [2.75, 3.05) is 13.2 Å². The van der Waals surface area contributed by atoms with E-state index in [1.165, 1.54) is 11.1 Å². The molecule has 0 saturated carbocycles. The van der Waals surface area contributed by atoms with E-state index in [1.807, 2.05) is 0 Å². The normalized spacial score (nSPS) is 22.0. The van der Waals surface area contributed by atoms with E-state index < -0.39 is 0 Å². The maximum absolute atomic E-state index is 9.82. The van der Waals surface area contributed by atoms with Crippen molar-refractivity contribution in [3.63, 3.8) is 0 Å². The summed E-state index contributed by atoms with van der Waals surface area (Å²) >= 11 is 0. The molecule has 172 valence electrons. The van der Waals surface area contributed by atoms with E-state index in [0.717, 1.165) is 11.1 Å². The zero-order chi connectivity index (χ0) is 23.8. The molecule has 0 bridgehead atoms. The molecule has 2 atom stereocenters. The van der Waals surface area contributed by atoms with Gasteiger partial charge in [-0.25, -0.2) is 4.99 Å². The first-order valence-electron chi connectivity index (χ1n) is 11.5. The number of nitrogens with one attached hydrogen (secondary N) is 1. The molecule has 1 N–H and O–H groups in total. The van der Waals surface area contributed by atoms with Gasteiger partial charge in [0.2, 0.25) is 11.8 Å². The smallest absolute Gasteiger partial charge is 0.233 e. The third-order valence-electron chi connectivity index (χ3n) is 6.24. The van der Waals surface area contributed by atoms with Crippen LogP contribution in [0.15, 0.2) is 65.0 Å². The maximum Gasteiger partial charge on any atom is 0.233 e. The summed E-state index contributed by atoms with van der Waals surface area (Å²) in [5, 5.41) is 13.2. The van der Waals surface area contributed by atoms with Crippen molar-refractivity contribution in [1.29, 1.82) is 5.26 Å². The van der Waals surface area contributed by atoms with Crippen LogP contribution in [0.25, 0.3) is 0 Å². The van der Waals surface area contributed by atoms with Gasteiger partial charge in [0.05, 0.1) is 6.04 Å². The molecule has 0 aliphatic carbocycles. The van der Waals surface area contributed by atoms with Crippen molar-refractivity contribution in [3.05, 3.63) is 82.2 Å². The number of hydrogen-bond donors (Lipinski definition) is 1. The average Bonchev–Trinajstić information content (AvgIpc) is 3.44. The molecule has 4 rings (SSSR count). The fourth-order valence-electron chi connectivity index (χ4n) is 4.03. The van der Waals surface area contributed by atoms with Crippen LogP contribution in [0, 0.1) is 11.3 Å². The van der Waals surface area contributed by atoms with Gasteiger partial charge in [-0.3, -0.25) is 0 Å². The second-order valence-electron chi connectivity index (χ2n) is 10.8. The summed E-state index contributed by atoms with van der Waals surface area (Å²) in [4.78, 5) is 4.70. The molecule has 2 aliphatic heterocycles. The van der Waals surface area contributed by atoms with Crippen LogP contribution in [0.2, 0.25) is 0 Å². The fraction of sp³-hybridized carbons (Fsp3) is 0.429. The van der Waals surface area contributed by atoms with E-state index in [4.69, 9.17) is 14.5 Å². The van der Waals surface area contributed by atoms with Gasteiger partial charge in [0.15, 0.2) is 5.57 Å². The number of aliphatic imine (C=N–C) groups is 1. The van der Waals surface area contributed by atoms with Gasteiger partial charge in [-0.2, -0.15) is 5.26 Å². The van der Waals surface area contributed by atoms with E-state index in [9.17, 15) is 5.26 Å². The van der Waals surface area contributed by atoms with Crippen LogP contribution in [0.1, 0.15) is 75.9 Å². The summed E-state index contributed by atoms with van der Waals surface area (Å²) in [5.41, 5.74) is 5.30. The molecule has 1 saturated heterocycles. The van der Waals surface area contributed by atoms with Crippen LogP contribution in [0.4, 0.5) is 0 Å². The van der Waals surface area contributed by atoms with Crippen LogP contribution in [0.3, 0.4) is 0 Å². The third-order valence-corrected chi connectivity index (χ3v) is 6.24. The van der Waals surface area contributed by atoms with Gasteiger partial charge >= 0.3 is 0 Å². The Morgan fingerprint density at radius 1 is 0.848 bits per heavy atom. The minimum Gasteiger partial charge on any atom is -0.476 e. The molecular formula is C28H33N3O2. The monoisotopic (exact) mass is 443 g/mol. The van der Waals surface area contributed by atoms with Crippen LogP contribution >= 0.6 is 0 Å². The molecule has 2 aliphatic rings. The summed E-state index contributed by atoms with van der Waals surface area (Å²) in [5.74, 6) is 0.776. The lowest BCUT2D eigenvalue weighted by Crippen LogP contribution is -2.17. The predicted octanol–water partition coefficient (Wildman–Crippen LogP) is 5.85. The molecule has 5 heteroatoms. The predicted molar refractivity (Wildman–Crippen MR) is 131 cm³/mol. The third kappa shape index (κ3) is 4.90. The Hall–Kier alpha value is -3.26. The minimum absolute atomic E-state index is 0.0138. The second kappa shape index (κ2) is 8.59. The highest BCUT2D eigenvalue weighted by molar-refractivity contribution is 5.98. The largest absolute Gasteiger partial charge is 0.476 e. The summed E-state index contributed by atoms with van der Waals surface area (Å²) in [7, 11) is 0. The van der Waals surface area contributed by atoms with Gasteiger partial charge in [0, 0.05) is 0 Å². The molecule has 33 heavy (non-hydrogen) atoms. The van der Waals surface area contributed by atoms with Crippen molar-refractivity contribution in [2.24, 2.45) is 4.99 Å². The van der Waals surface area contributed by atoms with Crippen LogP contribution < -0.4 is 5.32 Å². The summed E-state index contributed by atoms with van der Waals surface area (Å²) in [6.07, 6.45) is 0. The van der Waals surface area contributed by atoms with E-state index >= 15 is 0 Å². The van der Waals surface area contributed by atoms with E-state index in [-0.39, 0.29) is 22.9 Å². The van der Waals surface area contributed by atoms with Gasteiger partial charge in [-0.05, 0) is 33.1 Å². The van der Waals surface area contributed by atoms with Crippen LogP contribution in [-0.2, 0) is 20.3 Å². The first kappa shape index (κ1) is 22.9. The van der Waals surface area contributed by atoms with Gasteiger partial charge in [-0.15, -0.1) is 0 Å². The van der Waals surface area contributed by atoms with Gasteiger partial charge in [0.1, 0.15) is 25.3 Å². The Morgan fingerprint density at radius 3 is 1.91 bits per heavy atom. The number of ether oxygens (including phenoxy) is 2. The van der Waals surface area contributed by atoms with Crippen molar-refractivity contribution >= 4 is 5.90 Å². The molecular weight excluding hydrogens is 410 g/mol. The Morgan fingerprint density at radius 2 is 1.39 bits per heavy atom. The second-order valence-corrected chi connectivity index (χ2v) is 10.8. The Bertz CT molecular complexity index is 1110. The topological polar surface area (TPSA) is 66.6 Å². The molecule has 0 aromatic heterocycles. The van der Waals surface area contributed by atoms with Crippen LogP contribution in [0.5, 0.6) is 0 Å². The highest BCUT2D eigenvalue weighted by Crippen LogP contribution is 2.31.